The molecule has 8 heteroatoms. The number of aromatic nitrogens is 4. The van der Waals surface area contributed by atoms with Crippen molar-refractivity contribution in [3.63, 3.8) is 0 Å². The predicted octanol–water partition coefficient (Wildman–Crippen LogP) is 5.54. The van der Waals surface area contributed by atoms with Crippen molar-refractivity contribution >= 4 is 28.9 Å². The van der Waals surface area contributed by atoms with Crippen molar-refractivity contribution in [2.45, 2.75) is 34.1 Å². The fourth-order valence-electron chi connectivity index (χ4n) is 3.35. The minimum Gasteiger partial charge on any atom is -0.339 e. The minimum absolute atomic E-state index is 0.291. The Morgan fingerprint density at radius 2 is 1.42 bits per heavy atom. The Morgan fingerprint density at radius 1 is 0.818 bits per heavy atom. The molecular formula is C25H27N7O. The molecule has 2 aromatic heterocycles. The first-order chi connectivity index (χ1) is 15.9. The van der Waals surface area contributed by atoms with Gasteiger partial charge in [0.15, 0.2) is 11.6 Å². The average Bonchev–Trinajstić information content (AvgIpc) is 3.08. The molecule has 3 N–H and O–H groups in total. The molecule has 2 amide bonds. The summed E-state index contributed by atoms with van der Waals surface area (Å²) in [6.45, 7) is 8.14. The Labute approximate surface area is 193 Å². The highest BCUT2D eigenvalue weighted by molar-refractivity contribution is 5.99. The first-order valence-electron chi connectivity index (χ1n) is 10.8. The van der Waals surface area contributed by atoms with E-state index in [1.807, 2.05) is 81.4 Å². The molecule has 0 fully saturated rings. The first-order valence-corrected chi connectivity index (χ1v) is 10.8. The molecule has 2 heterocycles. The molecule has 8 nitrogen and oxygen atoms in total. The molecule has 0 spiro atoms. The van der Waals surface area contributed by atoms with E-state index in [9.17, 15) is 4.79 Å². The number of benzene rings is 2. The predicted molar refractivity (Wildman–Crippen MR) is 132 cm³/mol. The summed E-state index contributed by atoms with van der Waals surface area (Å²) in [4.78, 5) is 12.2. The number of amides is 2. The van der Waals surface area contributed by atoms with Crippen LogP contribution in [0.1, 0.15) is 29.4 Å². The monoisotopic (exact) mass is 441 g/mol. The van der Waals surface area contributed by atoms with Gasteiger partial charge in [-0.3, -0.25) is 0 Å². The minimum atomic E-state index is -0.291. The normalized spacial score (nSPS) is 10.7. The van der Waals surface area contributed by atoms with Gasteiger partial charge in [0.1, 0.15) is 0 Å². The van der Waals surface area contributed by atoms with Crippen LogP contribution in [0.3, 0.4) is 0 Å². The van der Waals surface area contributed by atoms with Crippen LogP contribution in [0.4, 0.5) is 27.7 Å². The zero-order chi connectivity index (χ0) is 23.4. The summed E-state index contributed by atoms with van der Waals surface area (Å²) in [5.41, 5.74) is 6.67. The maximum absolute atomic E-state index is 12.2. The van der Waals surface area contributed by atoms with Gasteiger partial charge in [-0.1, -0.05) is 19.1 Å². The van der Waals surface area contributed by atoms with Gasteiger partial charge in [-0.2, -0.15) is 5.10 Å². The van der Waals surface area contributed by atoms with Crippen molar-refractivity contribution in [3.8, 4) is 5.82 Å². The van der Waals surface area contributed by atoms with Crippen LogP contribution >= 0.6 is 0 Å². The molecule has 168 valence electrons. The number of hydrogen-bond acceptors (Lipinski definition) is 5. The van der Waals surface area contributed by atoms with Gasteiger partial charge in [0.2, 0.25) is 0 Å². The first kappa shape index (κ1) is 22.0. The Hall–Kier alpha value is -4.20. The summed E-state index contributed by atoms with van der Waals surface area (Å²) in [7, 11) is 0. The van der Waals surface area contributed by atoms with E-state index in [0.29, 0.717) is 17.3 Å². The molecule has 0 bridgehead atoms. The summed E-state index contributed by atoms with van der Waals surface area (Å²) >= 11 is 0. The van der Waals surface area contributed by atoms with Gasteiger partial charge in [-0.05, 0) is 86.8 Å². The molecule has 4 aromatic rings. The van der Waals surface area contributed by atoms with E-state index in [0.717, 1.165) is 34.7 Å². The van der Waals surface area contributed by atoms with Gasteiger partial charge < -0.3 is 16.0 Å². The number of nitrogens with zero attached hydrogens (tertiary/aromatic N) is 4. The number of anilines is 4. The lowest BCUT2D eigenvalue weighted by Gasteiger charge is -2.10. The molecule has 0 radical (unpaired) electrons. The molecule has 0 aliphatic heterocycles. The Bertz CT molecular complexity index is 1240. The topological polar surface area (TPSA) is 96.8 Å². The largest absolute Gasteiger partial charge is 0.339 e. The van der Waals surface area contributed by atoms with Crippen molar-refractivity contribution in [1.82, 2.24) is 20.0 Å². The smallest absolute Gasteiger partial charge is 0.323 e. The quantitative estimate of drug-likeness (QED) is 0.365. The molecule has 0 atom stereocenters. The number of hydrogen-bond donors (Lipinski definition) is 3. The van der Waals surface area contributed by atoms with Crippen LogP contribution in [-0.2, 0) is 6.42 Å². The number of urea groups is 1. The maximum atomic E-state index is 12.2. The van der Waals surface area contributed by atoms with Gasteiger partial charge in [-0.15, -0.1) is 10.2 Å². The second-order valence-corrected chi connectivity index (χ2v) is 7.82. The van der Waals surface area contributed by atoms with Crippen LogP contribution in [-0.4, -0.2) is 26.0 Å². The number of carbonyl (C=O) groups is 1. The number of rotatable bonds is 6. The summed E-state index contributed by atoms with van der Waals surface area (Å²) in [6, 6.07) is 18.6. The molecule has 2 aromatic carbocycles. The third kappa shape index (κ3) is 5.17. The van der Waals surface area contributed by atoms with Crippen molar-refractivity contribution in [3.05, 3.63) is 83.2 Å². The standard InChI is InChI=1S/C25H27N7O/c1-5-19-6-8-21(9-7-19)27-25(33)28-22-12-10-20(11-13-22)26-23-14-15-24(30-29-23)32-18(4)16(2)17(3)31-32/h6-15H,5H2,1-4H3,(H,26,29)(H2,27,28,33). The zero-order valence-corrected chi connectivity index (χ0v) is 19.2. The summed E-state index contributed by atoms with van der Waals surface area (Å²) in [5.74, 6) is 1.29. The van der Waals surface area contributed by atoms with Crippen LogP contribution in [0.2, 0.25) is 0 Å². The van der Waals surface area contributed by atoms with Crippen molar-refractivity contribution in [2.24, 2.45) is 0 Å². The third-order valence-corrected chi connectivity index (χ3v) is 5.56. The lowest BCUT2D eigenvalue weighted by molar-refractivity contribution is 0.262. The highest BCUT2D eigenvalue weighted by Crippen LogP contribution is 2.20. The molecule has 0 saturated heterocycles. The molecular weight excluding hydrogens is 414 g/mol. The lowest BCUT2D eigenvalue weighted by atomic mass is 10.1. The zero-order valence-electron chi connectivity index (χ0n) is 19.2. The summed E-state index contributed by atoms with van der Waals surface area (Å²) in [6.07, 6.45) is 0.964. The SMILES string of the molecule is CCc1ccc(NC(=O)Nc2ccc(Nc3ccc(-n4nc(C)c(C)c4C)nn3)cc2)cc1. The Morgan fingerprint density at radius 3 is 1.94 bits per heavy atom. The van der Waals surface area contributed by atoms with E-state index in [1.54, 1.807) is 4.68 Å². The van der Waals surface area contributed by atoms with Gasteiger partial charge >= 0.3 is 6.03 Å². The van der Waals surface area contributed by atoms with Crippen molar-refractivity contribution in [1.29, 1.82) is 0 Å². The van der Waals surface area contributed by atoms with Gasteiger partial charge in [0.25, 0.3) is 0 Å². The number of carbonyl (C=O) groups excluding carboxylic acids is 1. The Kier molecular flexibility index (Phi) is 6.35. The number of nitrogens with one attached hydrogen (secondary N) is 3. The van der Waals surface area contributed by atoms with Crippen LogP contribution in [0.5, 0.6) is 0 Å². The van der Waals surface area contributed by atoms with E-state index < -0.39 is 0 Å². The van der Waals surface area contributed by atoms with Crippen molar-refractivity contribution in [2.75, 3.05) is 16.0 Å². The van der Waals surface area contributed by atoms with E-state index in [1.165, 1.54) is 5.56 Å². The summed E-state index contributed by atoms with van der Waals surface area (Å²) < 4.78 is 1.80. The highest BCUT2D eigenvalue weighted by atomic mass is 16.2. The second-order valence-electron chi connectivity index (χ2n) is 7.82. The molecule has 0 aliphatic carbocycles. The number of aryl methyl sites for hydroxylation is 2. The fraction of sp³-hybridized carbons (Fsp3) is 0.200. The van der Waals surface area contributed by atoms with Crippen LogP contribution < -0.4 is 16.0 Å². The van der Waals surface area contributed by atoms with E-state index >= 15 is 0 Å². The second kappa shape index (κ2) is 9.52. The van der Waals surface area contributed by atoms with Gasteiger partial charge in [0, 0.05) is 22.8 Å². The highest BCUT2D eigenvalue weighted by Gasteiger charge is 2.10. The molecule has 0 unspecified atom stereocenters. The van der Waals surface area contributed by atoms with E-state index in [-0.39, 0.29) is 6.03 Å². The fourth-order valence-corrected chi connectivity index (χ4v) is 3.35. The van der Waals surface area contributed by atoms with E-state index in [4.69, 9.17) is 0 Å². The molecule has 33 heavy (non-hydrogen) atoms. The van der Waals surface area contributed by atoms with Gasteiger partial charge in [0.05, 0.1) is 5.69 Å². The van der Waals surface area contributed by atoms with Crippen LogP contribution in [0, 0.1) is 20.8 Å². The molecule has 0 aliphatic rings. The maximum Gasteiger partial charge on any atom is 0.323 e. The summed E-state index contributed by atoms with van der Waals surface area (Å²) in [5, 5.41) is 21.9. The van der Waals surface area contributed by atoms with Crippen LogP contribution in [0.25, 0.3) is 5.82 Å². The average molecular weight is 442 g/mol. The molecule has 4 rings (SSSR count). The van der Waals surface area contributed by atoms with Crippen molar-refractivity contribution < 1.29 is 4.79 Å². The van der Waals surface area contributed by atoms with Gasteiger partial charge in [-0.25, -0.2) is 9.48 Å². The third-order valence-electron chi connectivity index (χ3n) is 5.56. The van der Waals surface area contributed by atoms with Crippen LogP contribution in [0.15, 0.2) is 60.7 Å². The lowest BCUT2D eigenvalue weighted by Crippen LogP contribution is -2.19. The molecule has 0 saturated carbocycles. The van der Waals surface area contributed by atoms with E-state index in [2.05, 4.69) is 38.2 Å². The Balaban J connectivity index is 1.35.